The van der Waals surface area contributed by atoms with Gasteiger partial charge in [-0.15, -0.1) is 11.3 Å². The van der Waals surface area contributed by atoms with Crippen molar-refractivity contribution in [1.29, 1.82) is 0 Å². The van der Waals surface area contributed by atoms with Gasteiger partial charge in [0, 0.05) is 37.4 Å². The molecule has 51 heavy (non-hydrogen) atoms. The lowest BCUT2D eigenvalue weighted by Crippen LogP contribution is -2.22. The molecule has 0 N–H and O–H groups in total. The molecular formula is C49H31NS. The number of para-hydroxylation sites is 2. The van der Waals surface area contributed by atoms with Crippen LogP contribution in [0.1, 0.15) is 17.0 Å². The molecule has 1 atom stereocenters. The van der Waals surface area contributed by atoms with Crippen molar-refractivity contribution in [1.82, 2.24) is 0 Å². The van der Waals surface area contributed by atoms with Crippen molar-refractivity contribution in [3.05, 3.63) is 199 Å². The van der Waals surface area contributed by atoms with Gasteiger partial charge in [-0.3, -0.25) is 0 Å². The molecule has 1 nitrogen and oxygen atoms in total. The molecule has 11 rings (SSSR count). The fourth-order valence-electron chi connectivity index (χ4n) is 8.56. The van der Waals surface area contributed by atoms with Gasteiger partial charge < -0.3 is 4.90 Å². The smallest absolute Gasteiger partial charge is 0.0540 e. The van der Waals surface area contributed by atoms with E-state index < -0.39 is 0 Å². The maximum atomic E-state index is 2.47. The fourth-order valence-corrected chi connectivity index (χ4v) is 9.80. The van der Waals surface area contributed by atoms with Crippen molar-refractivity contribution in [2.45, 2.75) is 5.92 Å². The van der Waals surface area contributed by atoms with E-state index in [0.29, 0.717) is 0 Å². The summed E-state index contributed by atoms with van der Waals surface area (Å²) in [6.07, 6.45) is 9.56. The Morgan fingerprint density at radius 1 is 0.431 bits per heavy atom. The van der Waals surface area contributed by atoms with Crippen molar-refractivity contribution >= 4 is 80.8 Å². The van der Waals surface area contributed by atoms with E-state index in [4.69, 9.17) is 0 Å². The topological polar surface area (TPSA) is 3.24 Å². The number of anilines is 2. The minimum Gasteiger partial charge on any atom is -0.310 e. The molecule has 238 valence electrons. The van der Waals surface area contributed by atoms with Crippen LogP contribution in [0.5, 0.6) is 0 Å². The first-order valence-electron chi connectivity index (χ1n) is 17.6. The van der Waals surface area contributed by atoms with Gasteiger partial charge in [-0.25, -0.2) is 0 Å². The third kappa shape index (κ3) is 4.33. The lowest BCUT2D eigenvalue weighted by molar-refractivity contribution is 1.000. The van der Waals surface area contributed by atoms with Gasteiger partial charge in [0.1, 0.15) is 0 Å². The molecule has 0 spiro atoms. The van der Waals surface area contributed by atoms with E-state index in [0.717, 1.165) is 0 Å². The van der Waals surface area contributed by atoms with Crippen LogP contribution in [0, 0.1) is 0 Å². The van der Waals surface area contributed by atoms with Crippen LogP contribution in [-0.4, -0.2) is 0 Å². The Morgan fingerprint density at radius 3 is 1.84 bits per heavy atom. The van der Waals surface area contributed by atoms with Crippen molar-refractivity contribution in [2.24, 2.45) is 0 Å². The molecule has 1 unspecified atom stereocenters. The molecule has 0 saturated carbocycles. The fraction of sp³-hybridized carbons (Fsp3) is 0.0204. The number of hydrogen-bond donors (Lipinski definition) is 0. The first kappa shape index (κ1) is 28.6. The Labute approximate surface area is 300 Å². The summed E-state index contributed by atoms with van der Waals surface area (Å²) in [5.74, 6) is 0.162. The normalized spacial score (nSPS) is 15.4. The molecule has 2 heterocycles. The molecule has 0 fully saturated rings. The number of rotatable bonds is 3. The van der Waals surface area contributed by atoms with E-state index in [-0.39, 0.29) is 5.92 Å². The zero-order valence-electron chi connectivity index (χ0n) is 27.8. The van der Waals surface area contributed by atoms with Gasteiger partial charge in [0.25, 0.3) is 0 Å². The third-order valence-corrected chi connectivity index (χ3v) is 12.1. The van der Waals surface area contributed by atoms with Crippen molar-refractivity contribution in [2.75, 3.05) is 4.90 Å². The summed E-state index contributed by atoms with van der Waals surface area (Å²) in [6, 6.07) is 58.1. The van der Waals surface area contributed by atoms with Crippen LogP contribution in [0.4, 0.5) is 11.4 Å². The van der Waals surface area contributed by atoms with Gasteiger partial charge in [0.05, 0.1) is 11.4 Å². The van der Waals surface area contributed by atoms with Gasteiger partial charge in [-0.2, -0.15) is 0 Å². The van der Waals surface area contributed by atoms with Crippen molar-refractivity contribution in [3.63, 3.8) is 0 Å². The monoisotopic (exact) mass is 665 g/mol. The molecule has 9 aromatic rings. The van der Waals surface area contributed by atoms with Crippen LogP contribution in [0.15, 0.2) is 188 Å². The molecule has 2 aliphatic rings. The van der Waals surface area contributed by atoms with Gasteiger partial charge in [0.15, 0.2) is 0 Å². The maximum Gasteiger partial charge on any atom is 0.0540 e. The van der Waals surface area contributed by atoms with Gasteiger partial charge in [0.2, 0.25) is 0 Å². The van der Waals surface area contributed by atoms with Crippen LogP contribution in [0.2, 0.25) is 0 Å². The second-order valence-electron chi connectivity index (χ2n) is 13.6. The van der Waals surface area contributed by atoms with E-state index >= 15 is 0 Å². The Bertz CT molecular complexity index is 2960. The predicted molar refractivity (Wildman–Crippen MR) is 220 cm³/mol. The number of allylic oxidation sites excluding steroid dienone is 5. The zero-order chi connectivity index (χ0) is 33.5. The van der Waals surface area contributed by atoms with E-state index in [1.807, 2.05) is 11.3 Å². The summed E-state index contributed by atoms with van der Waals surface area (Å²) >= 11 is 1.90. The highest BCUT2D eigenvalue weighted by Gasteiger charge is 2.29. The zero-order valence-corrected chi connectivity index (χ0v) is 28.6. The highest BCUT2D eigenvalue weighted by Crippen LogP contribution is 2.49. The standard InChI is InChI=1S/C49H31NS/c1-2-16-40-38(14-1)39-15-3-4-17-41(39)45-30-32(25-27-42(40)45)35-12-5-8-21-46(35)50-34-26-24-31(28-33(29-34)36-13-6-9-22-47(36)50)37-19-11-20-44-43-18-7-10-23-48(43)51-49(37)44/h1-30,33H. The van der Waals surface area contributed by atoms with Gasteiger partial charge >= 0.3 is 0 Å². The Morgan fingerprint density at radius 2 is 1.04 bits per heavy atom. The van der Waals surface area contributed by atoms with Gasteiger partial charge in [-0.1, -0.05) is 146 Å². The van der Waals surface area contributed by atoms with Crippen molar-refractivity contribution in [3.8, 4) is 11.1 Å². The van der Waals surface area contributed by atoms with Crippen LogP contribution >= 0.6 is 11.3 Å². The van der Waals surface area contributed by atoms with Crippen LogP contribution < -0.4 is 4.90 Å². The lowest BCUT2D eigenvalue weighted by atomic mass is 9.89. The average molecular weight is 666 g/mol. The lowest BCUT2D eigenvalue weighted by Gasteiger charge is -2.35. The van der Waals surface area contributed by atoms with Crippen LogP contribution in [0.3, 0.4) is 0 Å². The SMILES string of the molecule is C1=CC2=CC(C=C1c1cccc3c1sc1ccccc13)c1ccccc1N2c1ccccc1-c1ccc2c3ccccc3c3ccccc3c2c1. The molecule has 1 aliphatic heterocycles. The number of fused-ring (bicyclic) bond motifs is 12. The summed E-state index contributed by atoms with van der Waals surface area (Å²) in [7, 11) is 0. The number of benzene rings is 8. The minimum absolute atomic E-state index is 0.162. The van der Waals surface area contributed by atoms with E-state index in [1.54, 1.807) is 0 Å². The highest BCUT2D eigenvalue weighted by molar-refractivity contribution is 7.26. The average Bonchev–Trinajstić information content (AvgIpc) is 3.48. The van der Waals surface area contributed by atoms with Crippen LogP contribution in [-0.2, 0) is 0 Å². The molecule has 2 bridgehead atoms. The molecule has 0 radical (unpaired) electrons. The molecule has 0 saturated heterocycles. The largest absolute Gasteiger partial charge is 0.310 e. The molecular weight excluding hydrogens is 635 g/mol. The highest BCUT2D eigenvalue weighted by atomic mass is 32.1. The maximum absolute atomic E-state index is 2.47. The second kappa shape index (κ2) is 11.1. The summed E-state index contributed by atoms with van der Waals surface area (Å²) in [4.78, 5) is 2.47. The van der Waals surface area contributed by atoms with E-state index in [9.17, 15) is 0 Å². The number of nitrogens with zero attached hydrogens (tertiary/aromatic N) is 1. The van der Waals surface area contributed by atoms with E-state index in [1.165, 1.54) is 97.4 Å². The molecule has 8 aromatic carbocycles. The first-order chi connectivity index (χ1) is 25.3. The molecule has 0 amide bonds. The number of thiophene rings is 1. The van der Waals surface area contributed by atoms with Gasteiger partial charge in [-0.05, 0) is 91.0 Å². The van der Waals surface area contributed by atoms with E-state index in [2.05, 4.69) is 187 Å². The van der Waals surface area contributed by atoms with Crippen molar-refractivity contribution < 1.29 is 0 Å². The summed E-state index contributed by atoms with van der Waals surface area (Å²) < 4.78 is 2.68. The second-order valence-corrected chi connectivity index (χ2v) is 14.7. The van der Waals surface area contributed by atoms with Crippen LogP contribution in [0.25, 0.3) is 69.2 Å². The minimum atomic E-state index is 0.162. The number of hydrogen-bond acceptors (Lipinski definition) is 2. The first-order valence-corrected chi connectivity index (χ1v) is 18.5. The molecule has 1 aromatic heterocycles. The Hall–Kier alpha value is -6.22. The Balaban J connectivity index is 1.08. The molecule has 1 aliphatic carbocycles. The predicted octanol–water partition coefficient (Wildman–Crippen LogP) is 14.0. The third-order valence-electron chi connectivity index (χ3n) is 10.9. The molecule has 2 heteroatoms. The summed E-state index contributed by atoms with van der Waals surface area (Å²) in [6.45, 7) is 0. The summed E-state index contributed by atoms with van der Waals surface area (Å²) in [5.41, 5.74) is 9.91. The Kier molecular flexibility index (Phi) is 6.25. The summed E-state index contributed by atoms with van der Waals surface area (Å²) in [5, 5.41) is 10.4. The quantitative estimate of drug-likeness (QED) is 0.170.